The summed E-state index contributed by atoms with van der Waals surface area (Å²) in [6.45, 7) is 2.39. The van der Waals surface area contributed by atoms with E-state index >= 15 is 0 Å². The third kappa shape index (κ3) is 4.96. The molecule has 1 aromatic carbocycles. The SMILES string of the molecule is Cc1ncc(C(CNC(=O)c2c(Cl)cccc2Cl)N2CCC(F)(F)CC2)cn1. The topological polar surface area (TPSA) is 58.1 Å². The van der Waals surface area contributed by atoms with Crippen molar-refractivity contribution >= 4 is 29.1 Å². The highest BCUT2D eigenvalue weighted by molar-refractivity contribution is 6.39. The lowest BCUT2D eigenvalue weighted by molar-refractivity contribution is -0.0632. The van der Waals surface area contributed by atoms with E-state index in [0.29, 0.717) is 5.82 Å². The van der Waals surface area contributed by atoms with Crippen LogP contribution in [0.2, 0.25) is 10.0 Å². The highest BCUT2D eigenvalue weighted by Crippen LogP contribution is 2.32. The summed E-state index contributed by atoms with van der Waals surface area (Å²) >= 11 is 12.2. The number of hydrogen-bond acceptors (Lipinski definition) is 4. The number of nitrogens with zero attached hydrogens (tertiary/aromatic N) is 3. The van der Waals surface area contributed by atoms with Crippen LogP contribution in [0.15, 0.2) is 30.6 Å². The zero-order valence-electron chi connectivity index (χ0n) is 15.3. The molecule has 28 heavy (non-hydrogen) atoms. The molecule has 1 N–H and O–H groups in total. The molecule has 1 amide bonds. The lowest BCUT2D eigenvalue weighted by atomic mass is 10.0. The van der Waals surface area contributed by atoms with Gasteiger partial charge in [-0.3, -0.25) is 9.69 Å². The van der Waals surface area contributed by atoms with Gasteiger partial charge in [-0.25, -0.2) is 18.7 Å². The molecule has 0 aliphatic carbocycles. The zero-order chi connectivity index (χ0) is 20.3. The number of piperidine rings is 1. The number of benzene rings is 1. The highest BCUT2D eigenvalue weighted by atomic mass is 35.5. The fourth-order valence-corrected chi connectivity index (χ4v) is 3.76. The second-order valence-electron chi connectivity index (χ2n) is 6.78. The monoisotopic (exact) mass is 428 g/mol. The second kappa shape index (κ2) is 8.68. The fourth-order valence-electron chi connectivity index (χ4n) is 3.19. The summed E-state index contributed by atoms with van der Waals surface area (Å²) in [5, 5.41) is 3.32. The summed E-state index contributed by atoms with van der Waals surface area (Å²) in [7, 11) is 0. The van der Waals surface area contributed by atoms with E-state index < -0.39 is 11.8 Å². The first kappa shape index (κ1) is 20.9. The third-order valence-corrected chi connectivity index (χ3v) is 5.43. The van der Waals surface area contributed by atoms with Gasteiger partial charge in [-0.05, 0) is 19.1 Å². The summed E-state index contributed by atoms with van der Waals surface area (Å²) < 4.78 is 27.1. The highest BCUT2D eigenvalue weighted by Gasteiger charge is 2.37. The molecular formula is C19H20Cl2F2N4O. The Bertz CT molecular complexity index is 818. The minimum atomic E-state index is -2.65. The molecule has 1 saturated heterocycles. The molecule has 1 aliphatic heterocycles. The van der Waals surface area contributed by atoms with Gasteiger partial charge >= 0.3 is 0 Å². The summed E-state index contributed by atoms with van der Waals surface area (Å²) in [6, 6.07) is 4.49. The van der Waals surface area contributed by atoms with E-state index in [4.69, 9.17) is 23.2 Å². The number of aromatic nitrogens is 2. The predicted molar refractivity (Wildman–Crippen MR) is 104 cm³/mol. The number of aryl methyl sites for hydroxylation is 1. The number of carbonyl (C=O) groups excluding carboxylic acids is 1. The molecular weight excluding hydrogens is 409 g/mol. The van der Waals surface area contributed by atoms with Crippen LogP contribution in [0.1, 0.15) is 40.6 Å². The molecule has 2 heterocycles. The van der Waals surface area contributed by atoms with E-state index in [1.54, 1.807) is 37.5 Å². The molecule has 3 rings (SSSR count). The Labute approximate surface area is 172 Å². The number of hydrogen-bond donors (Lipinski definition) is 1. The van der Waals surface area contributed by atoms with E-state index in [0.717, 1.165) is 5.56 Å². The Kier molecular flexibility index (Phi) is 6.47. The summed E-state index contributed by atoms with van der Waals surface area (Å²) in [6.07, 6.45) is 2.88. The maximum Gasteiger partial charge on any atom is 0.254 e. The molecule has 5 nitrogen and oxygen atoms in total. The first-order valence-corrected chi connectivity index (χ1v) is 9.65. The maximum atomic E-state index is 13.6. The molecule has 1 aromatic heterocycles. The van der Waals surface area contributed by atoms with Crippen LogP contribution >= 0.6 is 23.2 Å². The summed E-state index contributed by atoms with van der Waals surface area (Å²) in [5.41, 5.74) is 0.941. The number of amides is 1. The van der Waals surface area contributed by atoms with Crippen LogP contribution in [0.25, 0.3) is 0 Å². The Balaban J connectivity index is 1.77. The average molecular weight is 429 g/mol. The van der Waals surface area contributed by atoms with E-state index in [1.165, 1.54) is 0 Å². The van der Waals surface area contributed by atoms with E-state index in [2.05, 4.69) is 15.3 Å². The molecule has 0 spiro atoms. The van der Waals surface area contributed by atoms with Gasteiger partial charge in [0.15, 0.2) is 0 Å². The van der Waals surface area contributed by atoms with Crippen molar-refractivity contribution < 1.29 is 13.6 Å². The largest absolute Gasteiger partial charge is 0.350 e. The number of rotatable bonds is 5. The van der Waals surface area contributed by atoms with Gasteiger partial charge in [0.25, 0.3) is 11.8 Å². The molecule has 150 valence electrons. The molecule has 9 heteroatoms. The lowest BCUT2D eigenvalue weighted by Gasteiger charge is -2.37. The van der Waals surface area contributed by atoms with Crippen LogP contribution in [0.5, 0.6) is 0 Å². The van der Waals surface area contributed by atoms with Crippen molar-refractivity contribution in [1.29, 1.82) is 0 Å². The van der Waals surface area contributed by atoms with E-state index in [1.807, 2.05) is 4.90 Å². The lowest BCUT2D eigenvalue weighted by Crippen LogP contribution is -2.45. The Morgan fingerprint density at radius 3 is 2.36 bits per heavy atom. The van der Waals surface area contributed by atoms with Gasteiger partial charge in [-0.2, -0.15) is 0 Å². The zero-order valence-corrected chi connectivity index (χ0v) is 16.8. The van der Waals surface area contributed by atoms with Gasteiger partial charge in [-0.15, -0.1) is 0 Å². The van der Waals surface area contributed by atoms with Crippen molar-refractivity contribution in [2.24, 2.45) is 0 Å². The molecule has 1 unspecified atom stereocenters. The van der Waals surface area contributed by atoms with Crippen molar-refractivity contribution in [2.45, 2.75) is 31.7 Å². The van der Waals surface area contributed by atoms with E-state index in [9.17, 15) is 13.6 Å². The average Bonchev–Trinajstić information content (AvgIpc) is 2.64. The molecule has 2 aromatic rings. The standard InChI is InChI=1S/C19H20Cl2F2N4O/c1-12-24-9-13(10-25-12)16(27-7-5-19(22,23)6-8-27)11-26-18(28)17-14(20)3-2-4-15(17)21/h2-4,9-10,16H,5-8,11H2,1H3,(H,26,28). The molecule has 0 saturated carbocycles. The van der Waals surface area contributed by atoms with Crippen LogP contribution in [0, 0.1) is 6.92 Å². The number of alkyl halides is 2. The first-order valence-electron chi connectivity index (χ1n) is 8.89. The Morgan fingerprint density at radius 2 is 1.79 bits per heavy atom. The molecule has 0 radical (unpaired) electrons. The molecule has 1 atom stereocenters. The number of carbonyl (C=O) groups is 1. The van der Waals surface area contributed by atoms with E-state index in [-0.39, 0.29) is 54.1 Å². The first-order chi connectivity index (χ1) is 13.3. The smallest absolute Gasteiger partial charge is 0.254 e. The van der Waals surface area contributed by atoms with Crippen molar-refractivity contribution in [3.05, 3.63) is 57.6 Å². The fraction of sp³-hybridized carbons (Fsp3) is 0.421. The van der Waals surface area contributed by atoms with Gasteiger partial charge in [0.05, 0.1) is 21.7 Å². The quantitative estimate of drug-likeness (QED) is 0.771. The van der Waals surface area contributed by atoms with Gasteiger partial charge in [0.1, 0.15) is 5.82 Å². The van der Waals surface area contributed by atoms with Crippen LogP contribution in [0.4, 0.5) is 8.78 Å². The van der Waals surface area contributed by atoms with Crippen molar-refractivity contribution in [1.82, 2.24) is 20.2 Å². The second-order valence-corrected chi connectivity index (χ2v) is 7.59. The normalized spacial score (nSPS) is 17.9. The minimum Gasteiger partial charge on any atom is -0.350 e. The molecule has 1 fully saturated rings. The Hall–Kier alpha value is -1.83. The number of likely N-dealkylation sites (tertiary alicyclic amines) is 1. The minimum absolute atomic E-state index is 0.190. The predicted octanol–water partition coefficient (Wildman–Crippen LogP) is 4.29. The van der Waals surface area contributed by atoms with Crippen molar-refractivity contribution in [2.75, 3.05) is 19.6 Å². The van der Waals surface area contributed by atoms with Crippen LogP contribution in [-0.4, -0.2) is 46.3 Å². The van der Waals surface area contributed by atoms with Crippen molar-refractivity contribution in [3.8, 4) is 0 Å². The van der Waals surface area contributed by atoms with Crippen LogP contribution in [0.3, 0.4) is 0 Å². The molecule has 0 bridgehead atoms. The van der Waals surface area contributed by atoms with Crippen LogP contribution < -0.4 is 5.32 Å². The number of nitrogens with one attached hydrogen (secondary N) is 1. The molecule has 1 aliphatic rings. The van der Waals surface area contributed by atoms with Gasteiger partial charge in [-0.1, -0.05) is 29.3 Å². The van der Waals surface area contributed by atoms with Crippen molar-refractivity contribution in [3.63, 3.8) is 0 Å². The van der Waals surface area contributed by atoms with Gasteiger partial charge in [0, 0.05) is 50.4 Å². The summed E-state index contributed by atoms with van der Waals surface area (Å²) in [4.78, 5) is 22.9. The Morgan fingerprint density at radius 1 is 1.21 bits per heavy atom. The maximum absolute atomic E-state index is 13.6. The van der Waals surface area contributed by atoms with Gasteiger partial charge in [0.2, 0.25) is 0 Å². The van der Waals surface area contributed by atoms with Gasteiger partial charge < -0.3 is 5.32 Å². The third-order valence-electron chi connectivity index (χ3n) is 4.80. The summed E-state index contributed by atoms with van der Waals surface area (Å²) in [5.74, 6) is -2.46. The number of halogens is 4. The van der Waals surface area contributed by atoms with Crippen LogP contribution in [-0.2, 0) is 0 Å².